The number of methoxy groups -OCH3 is 1. The van der Waals surface area contributed by atoms with Crippen LogP contribution in [0.3, 0.4) is 0 Å². The highest BCUT2D eigenvalue weighted by Gasteiger charge is 2.22. The van der Waals surface area contributed by atoms with Gasteiger partial charge in [0.1, 0.15) is 6.10 Å². The van der Waals surface area contributed by atoms with Gasteiger partial charge in [-0.15, -0.1) is 24.0 Å². The number of halogens is 1. The van der Waals surface area contributed by atoms with Gasteiger partial charge in [0, 0.05) is 19.3 Å². The summed E-state index contributed by atoms with van der Waals surface area (Å²) in [5.74, 6) is 1.97. The van der Waals surface area contributed by atoms with Crippen LogP contribution < -0.4 is 25.0 Å². The Balaban J connectivity index is 0.00000341. The van der Waals surface area contributed by atoms with E-state index in [0.29, 0.717) is 24.0 Å². The van der Waals surface area contributed by atoms with Crippen LogP contribution in [0.1, 0.15) is 18.9 Å². The summed E-state index contributed by atoms with van der Waals surface area (Å²) >= 11 is 0. The summed E-state index contributed by atoms with van der Waals surface area (Å²) in [4.78, 5) is 18.8. The van der Waals surface area contributed by atoms with Gasteiger partial charge in [0.25, 0.3) is 0 Å². The second kappa shape index (κ2) is 12.4. The first kappa shape index (κ1) is 24.8. The van der Waals surface area contributed by atoms with Crippen LogP contribution in [0.5, 0.6) is 11.5 Å². The molecule has 0 saturated carbocycles. The minimum Gasteiger partial charge on any atom is -0.493 e. The van der Waals surface area contributed by atoms with Crippen LogP contribution in [0.15, 0.2) is 53.5 Å². The Bertz CT molecular complexity index is 891. The molecule has 2 aromatic carbocycles. The lowest BCUT2D eigenvalue weighted by atomic mass is 10.0. The highest BCUT2D eigenvalue weighted by molar-refractivity contribution is 14.0. The molecule has 2 N–H and O–H groups in total. The molecule has 31 heavy (non-hydrogen) atoms. The number of nitrogens with zero attached hydrogens (tertiary/aromatic N) is 2. The number of carbonyl (C=O) groups excluding carboxylic acids is 1. The summed E-state index contributed by atoms with van der Waals surface area (Å²) in [6, 6.07) is 15.6. The summed E-state index contributed by atoms with van der Waals surface area (Å²) < 4.78 is 11.3. The average Bonchev–Trinajstić information content (AvgIpc) is 2.79. The molecule has 3 rings (SSSR count). The van der Waals surface area contributed by atoms with Crippen molar-refractivity contribution < 1.29 is 14.3 Å². The van der Waals surface area contributed by atoms with Crippen molar-refractivity contribution in [1.29, 1.82) is 0 Å². The van der Waals surface area contributed by atoms with Gasteiger partial charge in [-0.3, -0.25) is 9.79 Å². The van der Waals surface area contributed by atoms with E-state index in [2.05, 4.69) is 21.7 Å². The van der Waals surface area contributed by atoms with Crippen molar-refractivity contribution in [2.75, 3.05) is 38.7 Å². The van der Waals surface area contributed by atoms with Gasteiger partial charge in [0.2, 0.25) is 5.91 Å². The Labute approximate surface area is 201 Å². The number of benzene rings is 2. The number of ether oxygens (including phenoxy) is 2. The number of aryl methyl sites for hydroxylation is 1. The van der Waals surface area contributed by atoms with E-state index in [0.717, 1.165) is 25.1 Å². The van der Waals surface area contributed by atoms with Gasteiger partial charge in [0.05, 0.1) is 20.2 Å². The van der Waals surface area contributed by atoms with E-state index < -0.39 is 0 Å². The van der Waals surface area contributed by atoms with Crippen LogP contribution in [-0.2, 0) is 11.2 Å². The molecular weight excluding hydrogens is 507 g/mol. The number of fused-ring (bicyclic) bond motifs is 1. The lowest BCUT2D eigenvalue weighted by molar-refractivity contribution is -0.117. The Kier molecular flexibility index (Phi) is 9.90. The molecule has 1 aliphatic rings. The normalized spacial score (nSPS) is 14.0. The van der Waals surface area contributed by atoms with Crippen molar-refractivity contribution in [3.63, 3.8) is 0 Å². The number of guanidine groups is 1. The molecule has 0 aliphatic carbocycles. The Morgan fingerprint density at radius 1 is 1.13 bits per heavy atom. The molecule has 0 spiro atoms. The van der Waals surface area contributed by atoms with Crippen molar-refractivity contribution in [3.8, 4) is 11.5 Å². The number of nitrogens with one attached hydrogen (secondary N) is 2. The highest BCUT2D eigenvalue weighted by atomic mass is 127. The Morgan fingerprint density at radius 3 is 2.58 bits per heavy atom. The van der Waals surface area contributed by atoms with Crippen molar-refractivity contribution >= 4 is 41.5 Å². The molecule has 2 aromatic rings. The first-order chi connectivity index (χ1) is 14.6. The lowest BCUT2D eigenvalue weighted by Gasteiger charge is -2.29. The monoisotopic (exact) mass is 538 g/mol. The molecule has 1 aliphatic heterocycles. The smallest absolute Gasteiger partial charge is 0.246 e. The molecule has 8 heteroatoms. The standard InChI is InChI=1S/C23H30N4O3.HI/c1-17(30-21-13-7-6-12-20(21)29-3)15-25-23(24-2)26-16-22(28)27-14-8-10-18-9-4-5-11-19(18)27;/h4-7,9,11-13,17H,8,10,14-16H2,1-3H3,(H2,24,25,26);1H. The van der Waals surface area contributed by atoms with Crippen molar-refractivity contribution in [1.82, 2.24) is 10.6 Å². The van der Waals surface area contributed by atoms with E-state index in [4.69, 9.17) is 9.47 Å². The van der Waals surface area contributed by atoms with E-state index in [1.165, 1.54) is 5.56 Å². The van der Waals surface area contributed by atoms with Crippen LogP contribution in [0.2, 0.25) is 0 Å². The van der Waals surface area contributed by atoms with E-state index in [1.54, 1.807) is 14.2 Å². The number of anilines is 1. The largest absolute Gasteiger partial charge is 0.493 e. The quantitative estimate of drug-likeness (QED) is 0.322. The predicted octanol–water partition coefficient (Wildman–Crippen LogP) is 3.22. The third kappa shape index (κ3) is 6.75. The van der Waals surface area contributed by atoms with E-state index in [-0.39, 0.29) is 42.5 Å². The fourth-order valence-corrected chi connectivity index (χ4v) is 3.48. The minimum absolute atomic E-state index is 0. The summed E-state index contributed by atoms with van der Waals surface area (Å²) in [7, 11) is 3.30. The van der Waals surface area contributed by atoms with Crippen LogP contribution in [0.4, 0.5) is 5.69 Å². The SMILES string of the molecule is CN=C(NCC(=O)N1CCCc2ccccc21)NCC(C)Oc1ccccc1OC.I. The molecule has 1 heterocycles. The molecule has 1 amide bonds. The first-order valence-corrected chi connectivity index (χ1v) is 10.2. The number of rotatable bonds is 7. The summed E-state index contributed by atoms with van der Waals surface area (Å²) in [5.41, 5.74) is 2.24. The zero-order chi connectivity index (χ0) is 21.3. The van der Waals surface area contributed by atoms with Gasteiger partial charge < -0.3 is 25.0 Å². The maximum Gasteiger partial charge on any atom is 0.246 e. The molecule has 0 bridgehead atoms. The molecule has 0 radical (unpaired) electrons. The van der Waals surface area contributed by atoms with Gasteiger partial charge in [-0.2, -0.15) is 0 Å². The number of hydrogen-bond donors (Lipinski definition) is 2. The van der Waals surface area contributed by atoms with Crippen LogP contribution in [0, 0.1) is 0 Å². The maximum absolute atomic E-state index is 12.8. The number of hydrogen-bond acceptors (Lipinski definition) is 4. The molecule has 168 valence electrons. The van der Waals surface area contributed by atoms with Gasteiger partial charge >= 0.3 is 0 Å². The van der Waals surface area contributed by atoms with Gasteiger partial charge in [-0.25, -0.2) is 0 Å². The van der Waals surface area contributed by atoms with Gasteiger partial charge in [-0.05, 0) is 43.5 Å². The fraction of sp³-hybridized carbons (Fsp3) is 0.391. The molecule has 7 nitrogen and oxygen atoms in total. The molecule has 1 atom stereocenters. The number of carbonyl (C=O) groups is 1. The fourth-order valence-electron chi connectivity index (χ4n) is 3.48. The molecule has 0 saturated heterocycles. The average molecular weight is 538 g/mol. The zero-order valence-electron chi connectivity index (χ0n) is 18.3. The summed E-state index contributed by atoms with van der Waals surface area (Å²) in [6.07, 6.45) is 1.87. The zero-order valence-corrected chi connectivity index (χ0v) is 20.6. The topological polar surface area (TPSA) is 75.2 Å². The molecule has 0 aromatic heterocycles. The van der Waals surface area contributed by atoms with Gasteiger partial charge in [-0.1, -0.05) is 30.3 Å². The Morgan fingerprint density at radius 2 is 1.84 bits per heavy atom. The second-order valence-electron chi connectivity index (χ2n) is 7.16. The maximum atomic E-state index is 12.8. The third-order valence-electron chi connectivity index (χ3n) is 5.00. The minimum atomic E-state index is -0.121. The van der Waals surface area contributed by atoms with E-state index >= 15 is 0 Å². The van der Waals surface area contributed by atoms with Gasteiger partial charge in [0.15, 0.2) is 17.5 Å². The summed E-state index contributed by atoms with van der Waals surface area (Å²) in [6.45, 7) is 3.41. The van der Waals surface area contributed by atoms with Crippen molar-refractivity contribution in [2.45, 2.75) is 25.9 Å². The van der Waals surface area contributed by atoms with Crippen molar-refractivity contribution in [2.24, 2.45) is 4.99 Å². The number of amides is 1. The molecular formula is C23H31IN4O3. The van der Waals surface area contributed by atoms with Crippen LogP contribution in [0.25, 0.3) is 0 Å². The van der Waals surface area contributed by atoms with E-state index in [9.17, 15) is 4.79 Å². The lowest BCUT2D eigenvalue weighted by Crippen LogP contribution is -2.47. The molecule has 0 fully saturated rings. The van der Waals surface area contributed by atoms with Crippen LogP contribution >= 0.6 is 24.0 Å². The Hall–Kier alpha value is -2.49. The number of aliphatic imine (C=N–C) groups is 1. The number of para-hydroxylation sites is 3. The van der Waals surface area contributed by atoms with Crippen molar-refractivity contribution in [3.05, 3.63) is 54.1 Å². The third-order valence-corrected chi connectivity index (χ3v) is 5.00. The first-order valence-electron chi connectivity index (χ1n) is 10.2. The predicted molar refractivity (Wildman–Crippen MR) is 135 cm³/mol. The molecule has 1 unspecified atom stereocenters. The highest BCUT2D eigenvalue weighted by Crippen LogP contribution is 2.27. The summed E-state index contributed by atoms with van der Waals surface area (Å²) in [5, 5.41) is 6.31. The van der Waals surface area contributed by atoms with Crippen LogP contribution in [-0.4, -0.2) is 51.8 Å². The second-order valence-corrected chi connectivity index (χ2v) is 7.16. The van der Waals surface area contributed by atoms with E-state index in [1.807, 2.05) is 54.3 Å².